The van der Waals surface area contributed by atoms with Gasteiger partial charge in [-0.2, -0.15) is 12.6 Å². The van der Waals surface area contributed by atoms with Crippen molar-refractivity contribution in [1.29, 1.82) is 0 Å². The lowest BCUT2D eigenvalue weighted by Crippen LogP contribution is -2.34. The molecule has 0 saturated heterocycles. The average Bonchev–Trinajstić information content (AvgIpc) is 3.24. The third kappa shape index (κ3) is 7.52. The van der Waals surface area contributed by atoms with Crippen LogP contribution in [0.3, 0.4) is 0 Å². The van der Waals surface area contributed by atoms with Crippen molar-refractivity contribution in [3.63, 3.8) is 0 Å². The van der Waals surface area contributed by atoms with Crippen LogP contribution >= 0.6 is 12.6 Å². The number of carboxylic acids is 1. The number of nitrogens with one attached hydrogen (secondary N) is 1. The van der Waals surface area contributed by atoms with Gasteiger partial charge in [-0.05, 0) is 55.9 Å². The highest BCUT2D eigenvalue weighted by atomic mass is 32.1. The molecule has 1 atom stereocenters. The molecule has 3 aromatic rings. The van der Waals surface area contributed by atoms with Gasteiger partial charge in [0, 0.05) is 23.7 Å². The molecule has 1 amide bonds. The minimum Gasteiger partial charge on any atom is -0.478 e. The highest BCUT2D eigenvalue weighted by Crippen LogP contribution is 2.29. The number of imidazole rings is 1. The second kappa shape index (κ2) is 13.5. The zero-order valence-electron chi connectivity index (χ0n) is 23.9. The van der Waals surface area contributed by atoms with E-state index in [2.05, 4.69) is 31.8 Å². The van der Waals surface area contributed by atoms with Gasteiger partial charge in [0.2, 0.25) is 5.91 Å². The second-order valence-electron chi connectivity index (χ2n) is 11.1. The standard InChI is InChI=1S/C31H40FN3O4S/c1-6-9-27-34-28(31(4,5)39)26(16-33-29(36)22(18-40)14-19(2)3)35(27)17-21-13-12-20(15-25(21)32)23-10-7-8-11-24(23)30(37)38/h7-8,10-13,15,19,22,39-40H,6,9,14,16-18H2,1-5H3,(H,33,36)(H,37,38). The van der Waals surface area contributed by atoms with Crippen molar-refractivity contribution in [2.24, 2.45) is 11.8 Å². The minimum atomic E-state index is -1.28. The molecule has 1 unspecified atom stereocenters. The predicted molar refractivity (Wildman–Crippen MR) is 158 cm³/mol. The van der Waals surface area contributed by atoms with Crippen LogP contribution in [0, 0.1) is 17.7 Å². The zero-order valence-corrected chi connectivity index (χ0v) is 24.8. The van der Waals surface area contributed by atoms with Gasteiger partial charge in [0.1, 0.15) is 17.2 Å². The van der Waals surface area contributed by atoms with E-state index in [1.807, 2.05) is 11.5 Å². The lowest BCUT2D eigenvalue weighted by Gasteiger charge is -2.21. The van der Waals surface area contributed by atoms with Crippen LogP contribution in [0.25, 0.3) is 11.1 Å². The zero-order chi connectivity index (χ0) is 29.6. The number of aliphatic hydroxyl groups is 1. The third-order valence-electron chi connectivity index (χ3n) is 6.83. The van der Waals surface area contributed by atoms with E-state index in [1.54, 1.807) is 44.2 Å². The van der Waals surface area contributed by atoms with Gasteiger partial charge in [0.25, 0.3) is 0 Å². The molecular weight excluding hydrogens is 529 g/mol. The van der Waals surface area contributed by atoms with Crippen LogP contribution in [0.2, 0.25) is 0 Å². The number of aryl methyl sites for hydroxylation is 1. The summed E-state index contributed by atoms with van der Waals surface area (Å²) in [4.78, 5) is 29.4. The van der Waals surface area contributed by atoms with Gasteiger partial charge in [0.05, 0.1) is 30.0 Å². The highest BCUT2D eigenvalue weighted by molar-refractivity contribution is 7.80. The monoisotopic (exact) mass is 569 g/mol. The first-order valence-electron chi connectivity index (χ1n) is 13.7. The molecule has 216 valence electrons. The topological polar surface area (TPSA) is 104 Å². The number of halogens is 1. The van der Waals surface area contributed by atoms with E-state index in [1.165, 1.54) is 12.1 Å². The van der Waals surface area contributed by atoms with E-state index in [0.717, 1.165) is 6.42 Å². The number of hydrogen-bond donors (Lipinski definition) is 4. The van der Waals surface area contributed by atoms with Gasteiger partial charge in [-0.1, -0.05) is 51.1 Å². The molecule has 0 saturated carbocycles. The van der Waals surface area contributed by atoms with Gasteiger partial charge in [0.15, 0.2) is 0 Å². The molecule has 7 nitrogen and oxygen atoms in total. The smallest absolute Gasteiger partial charge is 0.336 e. The summed E-state index contributed by atoms with van der Waals surface area (Å²) in [7, 11) is 0. The number of aromatic nitrogens is 2. The number of benzene rings is 2. The second-order valence-corrected chi connectivity index (χ2v) is 11.5. The Bertz CT molecular complexity index is 1350. The van der Waals surface area contributed by atoms with Crippen LogP contribution in [0.1, 0.15) is 80.6 Å². The van der Waals surface area contributed by atoms with Gasteiger partial charge < -0.3 is 20.1 Å². The molecule has 9 heteroatoms. The van der Waals surface area contributed by atoms with Gasteiger partial charge in [-0.3, -0.25) is 4.79 Å². The molecule has 0 radical (unpaired) electrons. The number of thiol groups is 1. The van der Waals surface area contributed by atoms with Crippen molar-refractivity contribution in [2.75, 3.05) is 5.75 Å². The van der Waals surface area contributed by atoms with Crippen molar-refractivity contribution in [2.45, 2.75) is 72.6 Å². The molecule has 3 N–H and O–H groups in total. The maximum atomic E-state index is 15.5. The molecule has 1 aromatic heterocycles. The van der Waals surface area contributed by atoms with Gasteiger partial charge in [-0.25, -0.2) is 14.2 Å². The largest absolute Gasteiger partial charge is 0.478 e. The molecular formula is C31H40FN3O4S. The van der Waals surface area contributed by atoms with Gasteiger partial charge in [-0.15, -0.1) is 0 Å². The summed E-state index contributed by atoms with van der Waals surface area (Å²) in [5, 5.41) is 23.5. The maximum absolute atomic E-state index is 15.5. The summed E-state index contributed by atoms with van der Waals surface area (Å²) in [6, 6.07) is 11.2. The Morgan fingerprint density at radius 3 is 2.45 bits per heavy atom. The number of aromatic carboxylic acids is 1. The summed E-state index contributed by atoms with van der Waals surface area (Å²) in [5.74, 6) is -0.489. The summed E-state index contributed by atoms with van der Waals surface area (Å²) in [6.45, 7) is 9.69. The Hall–Kier alpha value is -3.17. The number of carboxylic acid groups (broad SMARTS) is 1. The first-order chi connectivity index (χ1) is 18.9. The quantitative estimate of drug-likeness (QED) is 0.194. The van der Waals surface area contributed by atoms with E-state index in [-0.39, 0.29) is 30.5 Å². The summed E-state index contributed by atoms with van der Waals surface area (Å²) in [5.41, 5.74) is 1.15. The molecule has 0 aliphatic carbocycles. The Labute approximate surface area is 241 Å². The number of carbonyl (C=O) groups excluding carboxylic acids is 1. The lowest BCUT2D eigenvalue weighted by molar-refractivity contribution is -0.125. The fourth-order valence-electron chi connectivity index (χ4n) is 4.89. The van der Waals surface area contributed by atoms with Crippen molar-refractivity contribution in [3.8, 4) is 11.1 Å². The van der Waals surface area contributed by atoms with E-state index in [9.17, 15) is 19.8 Å². The number of nitrogens with zero attached hydrogens (tertiary/aromatic N) is 2. The normalized spacial score (nSPS) is 12.5. The van der Waals surface area contributed by atoms with E-state index in [0.29, 0.717) is 58.4 Å². The number of hydrogen-bond acceptors (Lipinski definition) is 5. The van der Waals surface area contributed by atoms with Crippen molar-refractivity contribution in [1.82, 2.24) is 14.9 Å². The van der Waals surface area contributed by atoms with Crippen LogP contribution < -0.4 is 5.32 Å². The molecule has 2 aromatic carbocycles. The highest BCUT2D eigenvalue weighted by Gasteiger charge is 2.29. The molecule has 0 aliphatic rings. The summed E-state index contributed by atoms with van der Waals surface area (Å²) in [6.07, 6.45) is 2.10. The molecule has 0 bridgehead atoms. The average molecular weight is 570 g/mol. The number of rotatable bonds is 13. The van der Waals surface area contributed by atoms with Gasteiger partial charge >= 0.3 is 5.97 Å². The molecule has 0 fully saturated rings. The Morgan fingerprint density at radius 2 is 1.88 bits per heavy atom. The molecule has 0 aliphatic heterocycles. The van der Waals surface area contributed by atoms with Crippen LogP contribution in [0.15, 0.2) is 42.5 Å². The van der Waals surface area contributed by atoms with E-state index in [4.69, 9.17) is 4.98 Å². The third-order valence-corrected chi connectivity index (χ3v) is 7.27. The SMILES string of the molecule is CCCc1nc(C(C)(C)O)c(CNC(=O)C(CS)CC(C)C)n1Cc1ccc(-c2ccccc2C(=O)O)cc1F. The Kier molecular flexibility index (Phi) is 10.6. The van der Waals surface area contributed by atoms with E-state index < -0.39 is 17.4 Å². The van der Waals surface area contributed by atoms with Crippen LogP contribution in [-0.2, 0) is 29.9 Å². The van der Waals surface area contributed by atoms with Crippen molar-refractivity contribution >= 4 is 24.5 Å². The lowest BCUT2D eigenvalue weighted by atomic mass is 9.97. The summed E-state index contributed by atoms with van der Waals surface area (Å²) >= 11 is 4.36. The first-order valence-corrected chi connectivity index (χ1v) is 14.3. The van der Waals surface area contributed by atoms with Crippen LogP contribution in [0.5, 0.6) is 0 Å². The number of carbonyl (C=O) groups is 2. The maximum Gasteiger partial charge on any atom is 0.336 e. The summed E-state index contributed by atoms with van der Waals surface area (Å²) < 4.78 is 17.4. The van der Waals surface area contributed by atoms with E-state index >= 15 is 4.39 Å². The fourth-order valence-corrected chi connectivity index (χ4v) is 5.21. The Morgan fingerprint density at radius 1 is 1.18 bits per heavy atom. The minimum absolute atomic E-state index is 0.0966. The number of amides is 1. The molecule has 3 rings (SSSR count). The van der Waals surface area contributed by atoms with Crippen molar-refractivity contribution in [3.05, 3.63) is 76.6 Å². The molecule has 40 heavy (non-hydrogen) atoms. The van der Waals surface area contributed by atoms with Crippen LogP contribution in [0.4, 0.5) is 4.39 Å². The predicted octanol–water partition coefficient (Wildman–Crippen LogP) is 5.82. The van der Waals surface area contributed by atoms with Crippen LogP contribution in [-0.4, -0.2) is 37.4 Å². The fraction of sp³-hybridized carbons (Fsp3) is 0.452. The molecule has 1 heterocycles. The molecule has 0 spiro atoms. The Balaban J connectivity index is 2.01. The first kappa shape index (κ1) is 31.4. The van der Waals surface area contributed by atoms with Crippen molar-refractivity contribution < 1.29 is 24.2 Å².